The summed E-state index contributed by atoms with van der Waals surface area (Å²) in [6.45, 7) is 0.850. The molecule has 0 aliphatic carbocycles. The molecule has 0 atom stereocenters. The van der Waals surface area contributed by atoms with E-state index in [1.54, 1.807) is 6.07 Å². The molecule has 0 radical (unpaired) electrons. The third-order valence-electron chi connectivity index (χ3n) is 1.85. The summed E-state index contributed by atoms with van der Waals surface area (Å²) in [5, 5.41) is 11.1. The normalized spacial score (nSPS) is 9.73. The van der Waals surface area contributed by atoms with Gasteiger partial charge in [-0.2, -0.15) is 5.26 Å². The van der Waals surface area contributed by atoms with Gasteiger partial charge in [-0.15, -0.1) is 0 Å². The van der Waals surface area contributed by atoms with Gasteiger partial charge in [-0.1, -0.05) is 0 Å². The molecule has 0 amide bonds. The predicted octanol–water partition coefficient (Wildman–Crippen LogP) is 1.60. The zero-order valence-corrected chi connectivity index (χ0v) is 8.06. The van der Waals surface area contributed by atoms with Gasteiger partial charge in [0.25, 0.3) is 0 Å². The third kappa shape index (κ3) is 2.89. The summed E-state index contributed by atoms with van der Waals surface area (Å²) in [6.07, 6.45) is 0.624. The van der Waals surface area contributed by atoms with E-state index in [9.17, 15) is 8.78 Å². The van der Waals surface area contributed by atoms with E-state index in [1.165, 1.54) is 0 Å². The number of nitrogens with zero attached hydrogens (tertiary/aromatic N) is 1. The molecule has 0 unspecified atom stereocenters. The van der Waals surface area contributed by atoms with Crippen LogP contribution in [-0.4, -0.2) is 13.1 Å². The van der Waals surface area contributed by atoms with Crippen molar-refractivity contribution in [1.29, 1.82) is 5.26 Å². The number of halogens is 2. The van der Waals surface area contributed by atoms with Gasteiger partial charge in [0.05, 0.1) is 11.6 Å². The van der Waals surface area contributed by atoms with E-state index >= 15 is 0 Å². The molecule has 3 N–H and O–H groups in total. The summed E-state index contributed by atoms with van der Waals surface area (Å²) in [7, 11) is 0. The highest BCUT2D eigenvalue weighted by atomic mass is 19.1. The fourth-order valence-electron chi connectivity index (χ4n) is 1.12. The van der Waals surface area contributed by atoms with E-state index in [2.05, 4.69) is 5.32 Å². The minimum absolute atomic E-state index is 0.0330. The number of hydrogen-bond acceptors (Lipinski definition) is 3. The Balaban J connectivity index is 2.85. The van der Waals surface area contributed by atoms with Crippen molar-refractivity contribution in [2.24, 2.45) is 5.73 Å². The molecule has 1 aromatic carbocycles. The first-order valence-electron chi connectivity index (χ1n) is 4.52. The molecule has 5 heteroatoms. The zero-order chi connectivity index (χ0) is 11.3. The van der Waals surface area contributed by atoms with Crippen LogP contribution >= 0.6 is 0 Å². The molecule has 1 rings (SSSR count). The van der Waals surface area contributed by atoms with Crippen LogP contribution in [0.1, 0.15) is 12.0 Å². The standard InChI is InChI=1S/C10H11F2N3/c11-8-4-7(6-14)5-9(12)10(8)15-3-1-2-13/h4-5,15H,1-3,13H2. The number of nitrogens with one attached hydrogen (secondary N) is 1. The average molecular weight is 211 g/mol. The molecule has 0 saturated heterocycles. The molecule has 0 aliphatic heterocycles. The largest absolute Gasteiger partial charge is 0.380 e. The van der Waals surface area contributed by atoms with Crippen LogP contribution in [0, 0.1) is 23.0 Å². The van der Waals surface area contributed by atoms with Crippen LogP contribution in [0.2, 0.25) is 0 Å². The van der Waals surface area contributed by atoms with Crippen molar-refractivity contribution in [1.82, 2.24) is 0 Å². The van der Waals surface area contributed by atoms with Crippen molar-refractivity contribution in [3.8, 4) is 6.07 Å². The maximum Gasteiger partial charge on any atom is 0.150 e. The molecule has 3 nitrogen and oxygen atoms in total. The summed E-state index contributed by atoms with van der Waals surface area (Å²) in [5.41, 5.74) is 5.00. The lowest BCUT2D eigenvalue weighted by molar-refractivity contribution is 0.586. The van der Waals surface area contributed by atoms with E-state index in [4.69, 9.17) is 11.0 Å². The quantitative estimate of drug-likeness (QED) is 0.743. The molecular formula is C10H11F2N3. The summed E-state index contributed by atoms with van der Waals surface area (Å²) in [4.78, 5) is 0. The van der Waals surface area contributed by atoms with Gasteiger partial charge in [0.15, 0.2) is 11.6 Å². The van der Waals surface area contributed by atoms with Gasteiger partial charge in [0.2, 0.25) is 0 Å². The zero-order valence-electron chi connectivity index (χ0n) is 8.06. The molecule has 1 aromatic rings. The molecule has 0 bridgehead atoms. The van der Waals surface area contributed by atoms with E-state index < -0.39 is 11.6 Å². The highest BCUT2D eigenvalue weighted by molar-refractivity contribution is 5.50. The predicted molar refractivity (Wildman–Crippen MR) is 53.2 cm³/mol. The van der Waals surface area contributed by atoms with Crippen molar-refractivity contribution in [3.63, 3.8) is 0 Å². The highest BCUT2D eigenvalue weighted by Crippen LogP contribution is 2.20. The molecule has 80 valence electrons. The molecule has 0 aromatic heterocycles. The van der Waals surface area contributed by atoms with Crippen LogP contribution in [-0.2, 0) is 0 Å². The van der Waals surface area contributed by atoms with Gasteiger partial charge in [0, 0.05) is 6.54 Å². The maximum absolute atomic E-state index is 13.2. The second-order valence-corrected chi connectivity index (χ2v) is 3.00. The van der Waals surface area contributed by atoms with Gasteiger partial charge >= 0.3 is 0 Å². The fraction of sp³-hybridized carbons (Fsp3) is 0.300. The number of anilines is 1. The van der Waals surface area contributed by atoms with Gasteiger partial charge in [-0.3, -0.25) is 0 Å². The van der Waals surface area contributed by atoms with E-state index in [1.807, 2.05) is 0 Å². The number of benzene rings is 1. The lowest BCUT2D eigenvalue weighted by Gasteiger charge is -2.08. The van der Waals surface area contributed by atoms with Crippen molar-refractivity contribution >= 4 is 5.69 Å². The van der Waals surface area contributed by atoms with Gasteiger partial charge in [0.1, 0.15) is 5.69 Å². The second kappa shape index (κ2) is 5.27. The fourth-order valence-corrected chi connectivity index (χ4v) is 1.12. The molecule has 0 saturated carbocycles. The minimum Gasteiger partial charge on any atom is -0.380 e. The molecule has 0 heterocycles. The van der Waals surface area contributed by atoms with Crippen LogP contribution in [0.4, 0.5) is 14.5 Å². The average Bonchev–Trinajstić information content (AvgIpc) is 2.22. The molecule has 15 heavy (non-hydrogen) atoms. The lowest BCUT2D eigenvalue weighted by atomic mass is 10.2. The first kappa shape index (κ1) is 11.4. The Hall–Kier alpha value is -1.67. The Labute approximate surface area is 86.5 Å². The van der Waals surface area contributed by atoms with Crippen LogP contribution < -0.4 is 11.1 Å². The Morgan fingerprint density at radius 3 is 2.40 bits per heavy atom. The maximum atomic E-state index is 13.2. The second-order valence-electron chi connectivity index (χ2n) is 3.00. The van der Waals surface area contributed by atoms with Crippen LogP contribution in [0.3, 0.4) is 0 Å². The van der Waals surface area contributed by atoms with Crippen LogP contribution in [0.25, 0.3) is 0 Å². The summed E-state index contributed by atoms with van der Waals surface area (Å²) in [6, 6.07) is 3.66. The Morgan fingerprint density at radius 1 is 1.33 bits per heavy atom. The van der Waals surface area contributed by atoms with E-state index in [-0.39, 0.29) is 11.3 Å². The number of rotatable bonds is 4. The van der Waals surface area contributed by atoms with Crippen LogP contribution in [0.5, 0.6) is 0 Å². The van der Waals surface area contributed by atoms with Gasteiger partial charge < -0.3 is 11.1 Å². The topological polar surface area (TPSA) is 61.8 Å². The van der Waals surface area contributed by atoms with Crippen molar-refractivity contribution in [3.05, 3.63) is 29.3 Å². The monoisotopic (exact) mass is 211 g/mol. The Bertz CT molecular complexity index is 362. The SMILES string of the molecule is N#Cc1cc(F)c(NCCCN)c(F)c1. The number of hydrogen-bond donors (Lipinski definition) is 2. The molecule has 0 aliphatic rings. The van der Waals surface area contributed by atoms with Gasteiger partial charge in [-0.25, -0.2) is 8.78 Å². The third-order valence-corrected chi connectivity index (χ3v) is 1.85. The first-order valence-corrected chi connectivity index (χ1v) is 4.52. The number of nitrogens with two attached hydrogens (primary N) is 1. The van der Waals surface area contributed by atoms with E-state index in [0.29, 0.717) is 19.5 Å². The van der Waals surface area contributed by atoms with Crippen molar-refractivity contribution in [2.75, 3.05) is 18.4 Å². The highest BCUT2D eigenvalue weighted by Gasteiger charge is 2.10. The first-order chi connectivity index (χ1) is 7.19. The Kier molecular flexibility index (Phi) is 4.01. The van der Waals surface area contributed by atoms with Crippen molar-refractivity contribution < 1.29 is 8.78 Å². The minimum atomic E-state index is -0.761. The van der Waals surface area contributed by atoms with E-state index in [0.717, 1.165) is 12.1 Å². The number of nitriles is 1. The molecule has 0 fully saturated rings. The van der Waals surface area contributed by atoms with Crippen molar-refractivity contribution in [2.45, 2.75) is 6.42 Å². The molecular weight excluding hydrogens is 200 g/mol. The lowest BCUT2D eigenvalue weighted by Crippen LogP contribution is -2.10. The smallest absolute Gasteiger partial charge is 0.150 e. The Morgan fingerprint density at radius 2 is 1.93 bits per heavy atom. The molecule has 0 spiro atoms. The summed E-state index contributed by atoms with van der Waals surface area (Å²) < 4.78 is 26.5. The van der Waals surface area contributed by atoms with Gasteiger partial charge in [-0.05, 0) is 25.1 Å². The summed E-state index contributed by atoms with van der Waals surface area (Å²) >= 11 is 0. The summed E-state index contributed by atoms with van der Waals surface area (Å²) in [5.74, 6) is -1.52. The van der Waals surface area contributed by atoms with Crippen LogP contribution in [0.15, 0.2) is 12.1 Å².